The predicted octanol–water partition coefficient (Wildman–Crippen LogP) is 1.37. The van der Waals surface area contributed by atoms with Crippen molar-refractivity contribution in [2.75, 3.05) is 0 Å². The number of halogens is 1. The van der Waals surface area contributed by atoms with Crippen molar-refractivity contribution in [3.8, 4) is 11.8 Å². The molecule has 72 valence electrons. The van der Waals surface area contributed by atoms with E-state index < -0.39 is 11.9 Å². The molecule has 0 spiro atoms. The summed E-state index contributed by atoms with van der Waals surface area (Å²) in [5.74, 6) is 4.36. The van der Waals surface area contributed by atoms with Gasteiger partial charge in [0, 0.05) is 5.56 Å². The van der Waals surface area contributed by atoms with Gasteiger partial charge in [-0.3, -0.25) is 4.79 Å². The van der Waals surface area contributed by atoms with E-state index in [1.807, 2.05) is 0 Å². The summed E-state index contributed by atoms with van der Waals surface area (Å²) in [6.07, 6.45) is -0.193. The lowest BCUT2D eigenvalue weighted by atomic mass is 10.1. The Morgan fingerprint density at radius 2 is 2.29 bits per heavy atom. The van der Waals surface area contributed by atoms with Crippen LogP contribution in [0.2, 0.25) is 0 Å². The Morgan fingerprint density at radius 3 is 2.86 bits per heavy atom. The Morgan fingerprint density at radius 1 is 1.57 bits per heavy atom. The van der Waals surface area contributed by atoms with Crippen LogP contribution in [-0.2, 0) is 0 Å². The maximum atomic E-state index is 13.1. The van der Waals surface area contributed by atoms with Crippen molar-refractivity contribution < 1.29 is 14.3 Å². The standard InChI is InChI=1S/C11H9FO2/c1-8(14)2-4-10-6-9(7-13)3-5-11(10)12/h3,5-8,14H,1H3. The number of aldehydes is 1. The average molecular weight is 192 g/mol. The van der Waals surface area contributed by atoms with Crippen LogP contribution in [-0.4, -0.2) is 17.5 Å². The summed E-state index contributed by atoms with van der Waals surface area (Å²) in [5, 5.41) is 8.87. The minimum Gasteiger partial charge on any atom is -0.381 e. The lowest BCUT2D eigenvalue weighted by Crippen LogP contribution is -1.94. The van der Waals surface area contributed by atoms with E-state index in [1.54, 1.807) is 0 Å². The first-order chi connectivity index (χ1) is 6.63. The molecule has 1 N–H and O–H groups in total. The van der Waals surface area contributed by atoms with Gasteiger partial charge in [-0.05, 0) is 25.1 Å². The van der Waals surface area contributed by atoms with Gasteiger partial charge in [-0.2, -0.15) is 0 Å². The highest BCUT2D eigenvalue weighted by atomic mass is 19.1. The van der Waals surface area contributed by atoms with E-state index in [9.17, 15) is 9.18 Å². The molecule has 14 heavy (non-hydrogen) atoms. The van der Waals surface area contributed by atoms with Gasteiger partial charge in [-0.1, -0.05) is 11.8 Å². The van der Waals surface area contributed by atoms with Gasteiger partial charge in [-0.25, -0.2) is 4.39 Å². The second-order valence-corrected chi connectivity index (χ2v) is 2.80. The fraction of sp³-hybridized carbons (Fsp3) is 0.182. The van der Waals surface area contributed by atoms with E-state index in [0.717, 1.165) is 0 Å². The Hall–Kier alpha value is -1.66. The van der Waals surface area contributed by atoms with E-state index >= 15 is 0 Å². The number of rotatable bonds is 1. The summed E-state index contributed by atoms with van der Waals surface area (Å²) in [4.78, 5) is 10.4. The highest BCUT2D eigenvalue weighted by molar-refractivity contribution is 5.75. The molecule has 0 aliphatic heterocycles. The number of aliphatic hydroxyl groups excluding tert-OH is 1. The minimum atomic E-state index is -0.811. The van der Waals surface area contributed by atoms with Crippen molar-refractivity contribution in [1.82, 2.24) is 0 Å². The first-order valence-corrected chi connectivity index (χ1v) is 4.08. The molecule has 0 radical (unpaired) electrons. The average Bonchev–Trinajstić information content (AvgIpc) is 2.16. The van der Waals surface area contributed by atoms with Gasteiger partial charge in [-0.15, -0.1) is 0 Å². The van der Waals surface area contributed by atoms with E-state index in [1.165, 1.54) is 25.1 Å². The fourth-order valence-corrected chi connectivity index (χ4v) is 0.894. The molecule has 1 unspecified atom stereocenters. The lowest BCUT2D eigenvalue weighted by molar-refractivity contribution is 0.112. The Balaban J connectivity index is 3.08. The smallest absolute Gasteiger partial charge is 0.150 e. The molecule has 0 heterocycles. The summed E-state index contributed by atoms with van der Waals surface area (Å²) in [7, 11) is 0. The predicted molar refractivity (Wildman–Crippen MR) is 50.3 cm³/mol. The van der Waals surface area contributed by atoms with Gasteiger partial charge < -0.3 is 5.11 Å². The van der Waals surface area contributed by atoms with Crippen LogP contribution in [0, 0.1) is 17.7 Å². The van der Waals surface area contributed by atoms with Crippen LogP contribution < -0.4 is 0 Å². The first kappa shape index (κ1) is 10.4. The summed E-state index contributed by atoms with van der Waals surface area (Å²) < 4.78 is 13.1. The molecule has 1 aromatic rings. The Labute approximate surface area is 81.4 Å². The van der Waals surface area contributed by atoms with Crippen LogP contribution >= 0.6 is 0 Å². The van der Waals surface area contributed by atoms with Gasteiger partial charge in [0.15, 0.2) is 0 Å². The lowest BCUT2D eigenvalue weighted by Gasteiger charge is -1.95. The molecule has 1 atom stereocenters. The van der Waals surface area contributed by atoms with Gasteiger partial charge >= 0.3 is 0 Å². The molecule has 0 saturated heterocycles. The van der Waals surface area contributed by atoms with Gasteiger partial charge in [0.25, 0.3) is 0 Å². The number of hydrogen-bond acceptors (Lipinski definition) is 2. The zero-order valence-electron chi connectivity index (χ0n) is 7.62. The van der Waals surface area contributed by atoms with Crippen molar-refractivity contribution >= 4 is 6.29 Å². The molecule has 0 bridgehead atoms. The van der Waals surface area contributed by atoms with Crippen molar-refractivity contribution in [2.24, 2.45) is 0 Å². The van der Waals surface area contributed by atoms with Crippen LogP contribution in [0.25, 0.3) is 0 Å². The third-order valence-corrected chi connectivity index (χ3v) is 1.54. The van der Waals surface area contributed by atoms with Crippen LogP contribution in [0.3, 0.4) is 0 Å². The SMILES string of the molecule is CC(O)C#Cc1cc(C=O)ccc1F. The van der Waals surface area contributed by atoms with Gasteiger partial charge in [0.1, 0.15) is 18.2 Å². The van der Waals surface area contributed by atoms with Crippen molar-refractivity contribution in [1.29, 1.82) is 0 Å². The summed E-state index contributed by atoms with van der Waals surface area (Å²) in [6, 6.07) is 3.89. The molecule has 2 nitrogen and oxygen atoms in total. The third kappa shape index (κ3) is 2.68. The zero-order chi connectivity index (χ0) is 10.6. The molecule has 0 amide bonds. The van der Waals surface area contributed by atoms with E-state index in [0.29, 0.717) is 11.8 Å². The van der Waals surface area contributed by atoms with Gasteiger partial charge in [0.2, 0.25) is 0 Å². The molecule has 1 aromatic carbocycles. The maximum Gasteiger partial charge on any atom is 0.150 e. The number of hydrogen-bond donors (Lipinski definition) is 1. The van der Waals surface area contributed by atoms with Crippen LogP contribution in [0.4, 0.5) is 4.39 Å². The van der Waals surface area contributed by atoms with Crippen molar-refractivity contribution in [3.63, 3.8) is 0 Å². The van der Waals surface area contributed by atoms with Crippen LogP contribution in [0.15, 0.2) is 18.2 Å². The maximum absolute atomic E-state index is 13.1. The molecule has 0 fully saturated rings. The monoisotopic (exact) mass is 192 g/mol. The Kier molecular flexibility index (Phi) is 3.38. The molecule has 0 aromatic heterocycles. The molecular formula is C11H9FO2. The molecule has 3 heteroatoms. The van der Waals surface area contributed by atoms with E-state index in [2.05, 4.69) is 11.8 Å². The summed E-state index contributed by atoms with van der Waals surface area (Å²) >= 11 is 0. The van der Waals surface area contributed by atoms with E-state index in [4.69, 9.17) is 5.11 Å². The Bertz CT molecular complexity index is 399. The summed E-state index contributed by atoms with van der Waals surface area (Å²) in [5.41, 5.74) is 0.483. The largest absolute Gasteiger partial charge is 0.381 e. The van der Waals surface area contributed by atoms with Gasteiger partial charge in [0.05, 0.1) is 5.56 Å². The molecule has 1 rings (SSSR count). The minimum absolute atomic E-state index is 0.121. The zero-order valence-corrected chi connectivity index (χ0v) is 7.62. The molecular weight excluding hydrogens is 183 g/mol. The van der Waals surface area contributed by atoms with Crippen molar-refractivity contribution in [2.45, 2.75) is 13.0 Å². The molecule has 0 aliphatic rings. The number of carbonyl (C=O) groups excluding carboxylic acids is 1. The highest BCUT2D eigenvalue weighted by Gasteiger charge is 2.00. The second-order valence-electron chi connectivity index (χ2n) is 2.80. The quantitative estimate of drug-likeness (QED) is 0.539. The normalized spacial score (nSPS) is 11.4. The third-order valence-electron chi connectivity index (χ3n) is 1.54. The second kappa shape index (κ2) is 4.54. The van der Waals surface area contributed by atoms with Crippen LogP contribution in [0.1, 0.15) is 22.8 Å². The summed E-state index contributed by atoms with van der Waals surface area (Å²) in [6.45, 7) is 1.48. The number of carbonyl (C=O) groups is 1. The van der Waals surface area contributed by atoms with E-state index in [-0.39, 0.29) is 5.56 Å². The van der Waals surface area contributed by atoms with Crippen LogP contribution in [0.5, 0.6) is 0 Å². The fourth-order valence-electron chi connectivity index (χ4n) is 0.894. The molecule has 0 aliphatic carbocycles. The first-order valence-electron chi connectivity index (χ1n) is 4.08. The number of aliphatic hydroxyl groups is 1. The van der Waals surface area contributed by atoms with Crippen molar-refractivity contribution in [3.05, 3.63) is 35.1 Å². The number of benzene rings is 1. The topological polar surface area (TPSA) is 37.3 Å². The highest BCUT2D eigenvalue weighted by Crippen LogP contribution is 2.07. The molecule has 0 saturated carbocycles.